The molecule has 3 nitrogen and oxygen atoms in total. The van der Waals surface area contributed by atoms with E-state index in [1.165, 1.54) is 31.3 Å². The summed E-state index contributed by atoms with van der Waals surface area (Å²) >= 11 is 0. The number of ether oxygens (including phenoxy) is 1. The van der Waals surface area contributed by atoms with E-state index in [0.717, 1.165) is 48.9 Å². The molecule has 1 heterocycles. The summed E-state index contributed by atoms with van der Waals surface area (Å²) < 4.78 is 6.22. The van der Waals surface area contributed by atoms with Crippen LogP contribution < -0.4 is 0 Å². The van der Waals surface area contributed by atoms with Gasteiger partial charge in [-0.15, -0.1) is 0 Å². The molecule has 10 atom stereocenters. The highest BCUT2D eigenvalue weighted by Crippen LogP contribution is 2.82. The Bertz CT molecular complexity index is 828. The number of carbonyl (C=O) groups excluding carboxylic acids is 2. The fourth-order valence-corrected chi connectivity index (χ4v) is 9.74. The lowest BCUT2D eigenvalue weighted by Gasteiger charge is -2.60. The fourth-order valence-electron chi connectivity index (χ4n) is 9.74. The summed E-state index contributed by atoms with van der Waals surface area (Å²) in [6.45, 7) is 4.99. The number of hydrogen-bond acceptors (Lipinski definition) is 3. The Kier molecular flexibility index (Phi) is 3.13. The maximum absolute atomic E-state index is 12.2. The van der Waals surface area contributed by atoms with Crippen molar-refractivity contribution >= 4 is 11.8 Å². The van der Waals surface area contributed by atoms with Crippen LogP contribution in [0.1, 0.15) is 72.6 Å². The summed E-state index contributed by atoms with van der Waals surface area (Å²) in [6, 6.07) is 0. The van der Waals surface area contributed by atoms with Crippen LogP contribution in [0, 0.1) is 52.3 Å². The average Bonchev–Trinajstić information content (AvgIpc) is 3.53. The molecule has 0 aromatic heterocycles. The van der Waals surface area contributed by atoms with Crippen LogP contribution in [0.25, 0.3) is 0 Å². The predicted molar refractivity (Wildman–Crippen MR) is 106 cm³/mol. The molecule has 3 heteroatoms. The molecule has 1 saturated heterocycles. The van der Waals surface area contributed by atoms with Crippen molar-refractivity contribution in [3.05, 3.63) is 11.6 Å². The summed E-state index contributed by atoms with van der Waals surface area (Å²) in [7, 11) is 0. The van der Waals surface area contributed by atoms with E-state index in [0.29, 0.717) is 24.0 Å². The first kappa shape index (κ1) is 17.7. The van der Waals surface area contributed by atoms with Gasteiger partial charge < -0.3 is 4.74 Å². The highest BCUT2D eigenvalue weighted by atomic mass is 16.6. The standard InChI is InChI=1S/C24H30O3.CH4/c1-22-6-3-12(25)9-17(22)13-10-14(13)20-16(22)4-7-23(2)21(20)15-11-18(15)24(23)8-5-19(26)27-24;/h9,13-16,18,20-21H,3-8,10-11H2,1-2H3;1H4/t13-,14+,15-,16+,18+,20-,21+,22-,23+,24+;/m1./s1. The topological polar surface area (TPSA) is 43.4 Å². The van der Waals surface area contributed by atoms with Crippen LogP contribution >= 0.6 is 0 Å². The molecule has 6 fully saturated rings. The lowest BCUT2D eigenvalue weighted by atomic mass is 9.45. The van der Waals surface area contributed by atoms with Gasteiger partial charge in [0.15, 0.2) is 5.78 Å². The van der Waals surface area contributed by atoms with Gasteiger partial charge in [-0.2, -0.15) is 0 Å². The molecule has 28 heavy (non-hydrogen) atoms. The lowest BCUT2D eigenvalue weighted by molar-refractivity contribution is -0.177. The Morgan fingerprint density at radius 1 is 1.00 bits per heavy atom. The van der Waals surface area contributed by atoms with E-state index < -0.39 is 0 Å². The van der Waals surface area contributed by atoms with Gasteiger partial charge in [0.1, 0.15) is 5.60 Å². The van der Waals surface area contributed by atoms with E-state index in [9.17, 15) is 9.59 Å². The molecular weight excluding hydrogens is 348 g/mol. The van der Waals surface area contributed by atoms with Crippen LogP contribution in [0.2, 0.25) is 0 Å². The molecule has 0 aromatic carbocycles. The highest BCUT2D eigenvalue weighted by Gasteiger charge is 2.81. The molecule has 0 aromatic rings. The van der Waals surface area contributed by atoms with Gasteiger partial charge in [-0.25, -0.2) is 0 Å². The van der Waals surface area contributed by atoms with Gasteiger partial charge in [0.25, 0.3) is 0 Å². The third-order valence-electron chi connectivity index (χ3n) is 10.9. The number of hydrogen-bond donors (Lipinski definition) is 0. The maximum atomic E-state index is 12.2. The number of rotatable bonds is 0. The predicted octanol–water partition coefficient (Wildman–Crippen LogP) is 4.94. The van der Waals surface area contributed by atoms with E-state index in [1.807, 2.05) is 0 Å². The monoisotopic (exact) mass is 382 g/mol. The Morgan fingerprint density at radius 2 is 1.82 bits per heavy atom. The van der Waals surface area contributed by atoms with Crippen molar-refractivity contribution in [3.63, 3.8) is 0 Å². The molecule has 0 radical (unpaired) electrons. The molecule has 5 saturated carbocycles. The molecule has 7 rings (SSSR count). The maximum Gasteiger partial charge on any atom is 0.306 e. The second kappa shape index (κ2) is 4.95. The van der Waals surface area contributed by atoms with Crippen LogP contribution in [-0.4, -0.2) is 17.4 Å². The number of ketones is 1. The van der Waals surface area contributed by atoms with E-state index in [1.54, 1.807) is 0 Å². The molecule has 0 N–H and O–H groups in total. The van der Waals surface area contributed by atoms with Crippen LogP contribution in [0.15, 0.2) is 11.6 Å². The van der Waals surface area contributed by atoms with Crippen LogP contribution in [0.5, 0.6) is 0 Å². The highest BCUT2D eigenvalue weighted by molar-refractivity contribution is 5.92. The lowest BCUT2D eigenvalue weighted by Crippen LogP contribution is -2.57. The minimum Gasteiger partial charge on any atom is -0.458 e. The molecule has 152 valence electrons. The number of carbonyl (C=O) groups is 2. The summed E-state index contributed by atoms with van der Waals surface area (Å²) in [5.41, 5.74) is 1.85. The fraction of sp³-hybridized carbons (Fsp3) is 0.840. The van der Waals surface area contributed by atoms with Crippen LogP contribution in [0.4, 0.5) is 0 Å². The van der Waals surface area contributed by atoms with Gasteiger partial charge in [-0.3, -0.25) is 9.59 Å². The normalized spacial score (nSPS) is 59.8. The van der Waals surface area contributed by atoms with Crippen LogP contribution in [-0.2, 0) is 14.3 Å². The second-order valence-corrected chi connectivity index (χ2v) is 11.5. The molecule has 1 aliphatic heterocycles. The minimum absolute atomic E-state index is 0. The van der Waals surface area contributed by atoms with E-state index in [4.69, 9.17) is 4.74 Å². The largest absolute Gasteiger partial charge is 0.458 e. The van der Waals surface area contributed by atoms with Gasteiger partial charge in [0, 0.05) is 24.2 Å². The number of allylic oxidation sites excluding steroid dienone is 1. The van der Waals surface area contributed by atoms with Crippen LogP contribution in [0.3, 0.4) is 0 Å². The molecule has 0 bridgehead atoms. The van der Waals surface area contributed by atoms with Gasteiger partial charge in [0.2, 0.25) is 0 Å². The van der Waals surface area contributed by atoms with Crippen molar-refractivity contribution in [1.82, 2.24) is 0 Å². The summed E-state index contributed by atoms with van der Waals surface area (Å²) in [5.74, 6) is 5.65. The van der Waals surface area contributed by atoms with E-state index in [-0.39, 0.29) is 29.8 Å². The quantitative estimate of drug-likeness (QED) is 0.557. The SMILES string of the molecule is C.C[C@]12CCC(=O)C=C1[C@@H]1C[C@@H]1[C@H]1[C@@H]3[C@@H]4C[C@@H]4[C@@]4(CCC(=O)O4)[C@@]3(C)CC[C@@H]12. The van der Waals surface area contributed by atoms with Crippen molar-refractivity contribution in [3.8, 4) is 0 Å². The third-order valence-corrected chi connectivity index (χ3v) is 10.9. The molecule has 0 amide bonds. The van der Waals surface area contributed by atoms with Gasteiger partial charge in [-0.1, -0.05) is 26.8 Å². The Morgan fingerprint density at radius 3 is 2.57 bits per heavy atom. The van der Waals surface area contributed by atoms with E-state index in [2.05, 4.69) is 19.9 Å². The molecular formula is C25H34O3. The first-order valence-corrected chi connectivity index (χ1v) is 11.4. The first-order chi connectivity index (χ1) is 12.9. The van der Waals surface area contributed by atoms with Crippen molar-refractivity contribution < 1.29 is 14.3 Å². The third kappa shape index (κ3) is 1.72. The zero-order valence-corrected chi connectivity index (χ0v) is 16.5. The smallest absolute Gasteiger partial charge is 0.306 e. The average molecular weight is 383 g/mol. The van der Waals surface area contributed by atoms with Gasteiger partial charge >= 0.3 is 5.97 Å². The molecule has 7 aliphatic rings. The first-order valence-electron chi connectivity index (χ1n) is 11.4. The van der Waals surface area contributed by atoms with Crippen molar-refractivity contribution in [1.29, 1.82) is 0 Å². The van der Waals surface area contributed by atoms with Gasteiger partial charge in [0.05, 0.1) is 0 Å². The minimum atomic E-state index is -0.131. The summed E-state index contributed by atoms with van der Waals surface area (Å²) in [5, 5.41) is 0. The zero-order valence-electron chi connectivity index (χ0n) is 16.5. The molecule has 1 spiro atoms. The van der Waals surface area contributed by atoms with Crippen molar-refractivity contribution in [2.24, 2.45) is 52.3 Å². The van der Waals surface area contributed by atoms with Gasteiger partial charge in [-0.05, 0) is 85.5 Å². The Balaban J connectivity index is 0.00000156. The van der Waals surface area contributed by atoms with E-state index >= 15 is 0 Å². The second-order valence-electron chi connectivity index (χ2n) is 11.5. The Labute approximate surface area is 168 Å². The molecule has 6 aliphatic carbocycles. The number of esters is 1. The zero-order chi connectivity index (χ0) is 18.3. The summed E-state index contributed by atoms with van der Waals surface area (Å²) in [6.07, 6.45) is 10.6. The molecule has 0 unspecified atom stereocenters. The van der Waals surface area contributed by atoms with Crippen molar-refractivity contribution in [2.45, 2.75) is 78.2 Å². The Hall–Kier alpha value is -1.12. The number of fused-ring (bicyclic) bond motifs is 12. The summed E-state index contributed by atoms with van der Waals surface area (Å²) in [4.78, 5) is 24.3. The van der Waals surface area contributed by atoms with Crippen molar-refractivity contribution in [2.75, 3.05) is 0 Å².